The molecule has 3 aromatic heterocycles. The van der Waals surface area contributed by atoms with E-state index >= 15 is 8.78 Å². The fourth-order valence-corrected chi connectivity index (χ4v) is 9.61. The first-order chi connectivity index (χ1) is 26.5. The summed E-state index contributed by atoms with van der Waals surface area (Å²) >= 11 is 1.18. The van der Waals surface area contributed by atoms with E-state index in [0.29, 0.717) is 47.0 Å². The van der Waals surface area contributed by atoms with Crippen LogP contribution in [0.5, 0.6) is 11.8 Å². The Labute approximate surface area is 316 Å². The van der Waals surface area contributed by atoms with Crippen molar-refractivity contribution in [3.8, 4) is 35.4 Å². The molecule has 9 rings (SSSR count). The second-order valence-electron chi connectivity index (χ2n) is 14.7. The van der Waals surface area contributed by atoms with Gasteiger partial charge in [-0.05, 0) is 62.7 Å². The zero-order valence-electron chi connectivity index (χ0n) is 29.6. The number of hydrogen-bond acceptors (Lipinski definition) is 11. The summed E-state index contributed by atoms with van der Waals surface area (Å²) in [5, 5.41) is 20.2. The largest absolute Gasteiger partial charge is 0.508 e. The summed E-state index contributed by atoms with van der Waals surface area (Å²) in [4.78, 5) is 32.8. The summed E-state index contributed by atoms with van der Waals surface area (Å²) in [6.07, 6.45) is 10.4. The molecule has 4 atom stereocenters. The standard InChI is InChI=1S/C39H34F4N8O3S/c1-3-26-29(41)8-5-21-11-25(52)12-27(32(21)26)34-33(43)35-28(15-44-34)36(46-38(45-35)54-19-39-9-4-10-50(39)16-22(40)14-39)49-17-23-6-7-24(18-49)51(23)37(53)30(42)13-31-48-47-20(2)55-31/h1,5,8,11-13,15,22-24,52H,4,6-7,9-10,14,16-19H2,2H3/b30-13-/t22-,23?,24?,39+/m1/s1. The van der Waals surface area contributed by atoms with Crippen LogP contribution in [0.4, 0.5) is 23.4 Å². The number of phenols is 1. The van der Waals surface area contributed by atoms with Gasteiger partial charge in [0.25, 0.3) is 5.91 Å². The van der Waals surface area contributed by atoms with Crippen LogP contribution >= 0.6 is 11.3 Å². The number of amides is 1. The average molecular weight is 771 g/mol. The second kappa shape index (κ2) is 13.4. The number of aryl methyl sites for hydroxylation is 1. The lowest BCUT2D eigenvalue weighted by atomic mass is 9.95. The minimum absolute atomic E-state index is 0.0638. The van der Waals surface area contributed by atoms with Crippen LogP contribution in [0.1, 0.15) is 47.7 Å². The lowest BCUT2D eigenvalue weighted by Crippen LogP contribution is -2.56. The lowest BCUT2D eigenvalue weighted by Gasteiger charge is -2.41. The second-order valence-corrected chi connectivity index (χ2v) is 15.9. The molecule has 2 unspecified atom stereocenters. The molecule has 4 saturated heterocycles. The number of halogens is 4. The summed E-state index contributed by atoms with van der Waals surface area (Å²) in [6, 6.07) is 4.40. The van der Waals surface area contributed by atoms with E-state index in [9.17, 15) is 18.7 Å². The lowest BCUT2D eigenvalue weighted by molar-refractivity contribution is -0.131. The van der Waals surface area contributed by atoms with Crippen LogP contribution in [-0.4, -0.2) is 103 Å². The highest BCUT2D eigenvalue weighted by Crippen LogP contribution is 2.43. The third-order valence-corrected chi connectivity index (χ3v) is 12.1. The van der Waals surface area contributed by atoms with E-state index < -0.39 is 35.1 Å². The Hall–Kier alpha value is -5.40. The van der Waals surface area contributed by atoms with Gasteiger partial charge in [0.05, 0.1) is 28.6 Å². The van der Waals surface area contributed by atoms with Gasteiger partial charge in [-0.15, -0.1) is 16.6 Å². The topological polar surface area (TPSA) is 121 Å². The van der Waals surface area contributed by atoms with Crippen molar-refractivity contribution >= 4 is 50.8 Å². The van der Waals surface area contributed by atoms with E-state index in [2.05, 4.69) is 31.0 Å². The number of fused-ring (bicyclic) bond motifs is 5. The molecule has 282 valence electrons. The van der Waals surface area contributed by atoms with Crippen molar-refractivity contribution in [3.05, 3.63) is 63.5 Å². The molecule has 0 spiro atoms. The number of hydrogen-bond donors (Lipinski definition) is 1. The SMILES string of the molecule is C#Cc1c(F)ccc2cc(O)cc(-c3ncc4c(N5CC6CCC(C5)N6C(=O)/C(F)=C/c5nnc(C)s5)nc(OC[C@@]56CCCN5C[C@H](F)C6)nc4c3F)c12. The van der Waals surface area contributed by atoms with Crippen molar-refractivity contribution in [2.45, 2.75) is 62.8 Å². The zero-order valence-corrected chi connectivity index (χ0v) is 30.4. The summed E-state index contributed by atoms with van der Waals surface area (Å²) in [5.74, 6) is -0.805. The Morgan fingerprint density at radius 3 is 2.71 bits per heavy atom. The zero-order chi connectivity index (χ0) is 38.2. The first-order valence-electron chi connectivity index (χ1n) is 18.1. The highest BCUT2D eigenvalue weighted by molar-refractivity contribution is 7.12. The number of aromatic hydroxyl groups is 1. The monoisotopic (exact) mass is 770 g/mol. The van der Waals surface area contributed by atoms with Crippen molar-refractivity contribution in [3.63, 3.8) is 0 Å². The number of rotatable bonds is 7. The van der Waals surface area contributed by atoms with E-state index in [1.54, 1.807) is 11.8 Å². The molecule has 2 aromatic carbocycles. The average Bonchev–Trinajstić information content (AvgIpc) is 3.90. The molecule has 4 aliphatic heterocycles. The number of alkyl halides is 1. The number of benzene rings is 2. The number of aromatic nitrogens is 5. The Kier molecular flexibility index (Phi) is 8.61. The van der Waals surface area contributed by atoms with Crippen LogP contribution in [0.15, 0.2) is 36.3 Å². The predicted molar refractivity (Wildman–Crippen MR) is 198 cm³/mol. The number of nitrogens with zero attached hydrogens (tertiary/aromatic N) is 8. The first kappa shape index (κ1) is 35.3. The number of phenolic OH excluding ortho intramolecular Hbond substituents is 1. The van der Waals surface area contributed by atoms with Gasteiger partial charge in [0, 0.05) is 49.3 Å². The molecular formula is C39H34F4N8O3S. The molecule has 7 heterocycles. The van der Waals surface area contributed by atoms with Crippen molar-refractivity contribution in [2.24, 2.45) is 0 Å². The Morgan fingerprint density at radius 1 is 1.16 bits per heavy atom. The van der Waals surface area contributed by atoms with Gasteiger partial charge in [0.1, 0.15) is 51.4 Å². The molecule has 0 radical (unpaired) electrons. The van der Waals surface area contributed by atoms with Gasteiger partial charge in [0.2, 0.25) is 0 Å². The number of carbonyl (C=O) groups excluding carboxylic acids is 1. The van der Waals surface area contributed by atoms with Gasteiger partial charge in [-0.25, -0.2) is 17.6 Å². The maximum Gasteiger partial charge on any atom is 0.319 e. The number of pyridine rings is 1. The number of ether oxygens (including phenoxy) is 1. The van der Waals surface area contributed by atoms with Gasteiger partial charge in [0.15, 0.2) is 11.6 Å². The quantitative estimate of drug-likeness (QED) is 0.118. The molecule has 5 aromatic rings. The number of carbonyl (C=O) groups is 1. The van der Waals surface area contributed by atoms with E-state index in [1.165, 1.54) is 41.8 Å². The van der Waals surface area contributed by atoms with Gasteiger partial charge in [-0.1, -0.05) is 23.3 Å². The van der Waals surface area contributed by atoms with E-state index in [0.717, 1.165) is 25.5 Å². The Balaban J connectivity index is 1.12. The summed E-state index contributed by atoms with van der Waals surface area (Å²) in [5.41, 5.74) is -0.966. The van der Waals surface area contributed by atoms with E-state index in [4.69, 9.17) is 16.1 Å². The Bertz CT molecular complexity index is 2460. The Morgan fingerprint density at radius 2 is 1.96 bits per heavy atom. The van der Waals surface area contributed by atoms with Gasteiger partial charge >= 0.3 is 6.01 Å². The summed E-state index contributed by atoms with van der Waals surface area (Å²) in [7, 11) is 0. The molecule has 0 aliphatic carbocycles. The van der Waals surface area contributed by atoms with Gasteiger partial charge in [-0.3, -0.25) is 14.7 Å². The van der Waals surface area contributed by atoms with Crippen molar-refractivity contribution < 1.29 is 32.2 Å². The molecular weight excluding hydrogens is 737 g/mol. The molecule has 2 bridgehead atoms. The van der Waals surface area contributed by atoms with Crippen LogP contribution in [0.3, 0.4) is 0 Å². The van der Waals surface area contributed by atoms with E-state index in [-0.39, 0.29) is 76.7 Å². The minimum atomic E-state index is -0.991. The highest BCUT2D eigenvalue weighted by atomic mass is 32.1. The molecule has 4 aliphatic rings. The van der Waals surface area contributed by atoms with Crippen LogP contribution < -0.4 is 9.64 Å². The number of piperazine rings is 1. The van der Waals surface area contributed by atoms with E-state index in [1.807, 2.05) is 4.90 Å². The third-order valence-electron chi connectivity index (χ3n) is 11.3. The highest BCUT2D eigenvalue weighted by Gasteiger charge is 2.50. The van der Waals surface area contributed by atoms with Gasteiger partial charge in [-0.2, -0.15) is 9.97 Å². The normalized spacial score (nSPS) is 23.9. The first-order valence-corrected chi connectivity index (χ1v) is 18.9. The fourth-order valence-electron chi connectivity index (χ4n) is 8.99. The molecule has 0 saturated carbocycles. The summed E-state index contributed by atoms with van der Waals surface area (Å²) < 4.78 is 68.2. The fraction of sp³-hybridized carbons (Fsp3) is 0.385. The molecule has 1 amide bonds. The van der Waals surface area contributed by atoms with Crippen molar-refractivity contribution in [1.29, 1.82) is 0 Å². The maximum absolute atomic E-state index is 17.1. The number of anilines is 1. The predicted octanol–water partition coefficient (Wildman–Crippen LogP) is 6.12. The summed E-state index contributed by atoms with van der Waals surface area (Å²) in [6.45, 7) is 3.41. The third kappa shape index (κ3) is 6.00. The van der Waals surface area contributed by atoms with Crippen molar-refractivity contribution in [2.75, 3.05) is 37.7 Å². The van der Waals surface area contributed by atoms with Gasteiger partial charge < -0.3 is 19.6 Å². The molecule has 16 heteroatoms. The van der Waals surface area contributed by atoms with Crippen molar-refractivity contribution in [1.82, 2.24) is 34.9 Å². The van der Waals surface area contributed by atoms with Crippen LogP contribution in [-0.2, 0) is 4.79 Å². The molecule has 1 N–H and O–H groups in total. The molecule has 11 nitrogen and oxygen atoms in total. The molecule has 4 fully saturated rings. The maximum atomic E-state index is 17.1. The smallest absolute Gasteiger partial charge is 0.319 e. The van der Waals surface area contributed by atoms with Crippen LogP contribution in [0.25, 0.3) is 39.0 Å². The van der Waals surface area contributed by atoms with Crippen LogP contribution in [0, 0.1) is 30.9 Å². The minimum Gasteiger partial charge on any atom is -0.508 e. The number of terminal acetylenes is 1. The van der Waals surface area contributed by atoms with Crippen LogP contribution in [0.2, 0.25) is 0 Å². The molecule has 55 heavy (non-hydrogen) atoms.